The average molecular weight is 288 g/mol. The smallest absolute Gasteiger partial charge is 0.344 e. The van der Waals surface area contributed by atoms with E-state index in [0.717, 1.165) is 0 Å². The molecule has 0 fully saturated rings. The predicted molar refractivity (Wildman–Crippen MR) is 77.4 cm³/mol. The van der Waals surface area contributed by atoms with Crippen molar-refractivity contribution in [2.75, 3.05) is 6.61 Å². The number of aromatic nitrogens is 3. The van der Waals surface area contributed by atoms with Crippen LogP contribution in [0.3, 0.4) is 0 Å². The minimum absolute atomic E-state index is 0.0129. The second kappa shape index (κ2) is 6.11. The maximum absolute atomic E-state index is 11.7. The maximum Gasteiger partial charge on any atom is 0.344 e. The van der Waals surface area contributed by atoms with Crippen molar-refractivity contribution in [2.24, 2.45) is 11.1 Å². The fourth-order valence-corrected chi connectivity index (χ4v) is 3.15. The van der Waals surface area contributed by atoms with Crippen molar-refractivity contribution in [1.82, 2.24) is 14.8 Å². The number of aromatic amines is 1. The van der Waals surface area contributed by atoms with Gasteiger partial charge in [-0.05, 0) is 19.3 Å². The molecule has 0 aliphatic rings. The number of aliphatic hydroxyl groups is 1. The zero-order valence-electron chi connectivity index (χ0n) is 12.2. The fourth-order valence-electron chi connectivity index (χ4n) is 1.75. The first-order valence-electron chi connectivity index (χ1n) is 6.38. The van der Waals surface area contributed by atoms with E-state index in [1.807, 2.05) is 34.6 Å². The number of nitrogens with two attached hydrogens (primary N) is 1. The van der Waals surface area contributed by atoms with Gasteiger partial charge in [-0.25, -0.2) is 9.89 Å². The summed E-state index contributed by atoms with van der Waals surface area (Å²) in [6.45, 7) is 9.86. The predicted octanol–water partition coefficient (Wildman–Crippen LogP) is 0.979. The SMILES string of the molecule is CC(C)n1c(SC(CO)C(N)C(C)(C)C)n[nH]c1=O. The Morgan fingerprint density at radius 2 is 2.05 bits per heavy atom. The highest BCUT2D eigenvalue weighted by atomic mass is 32.2. The van der Waals surface area contributed by atoms with Crippen molar-refractivity contribution in [2.45, 2.75) is 57.1 Å². The van der Waals surface area contributed by atoms with Gasteiger partial charge in [0.15, 0.2) is 5.16 Å². The first-order chi connectivity index (χ1) is 8.68. The number of hydrogen-bond donors (Lipinski definition) is 3. The minimum Gasteiger partial charge on any atom is -0.395 e. The second-order valence-electron chi connectivity index (χ2n) is 6.01. The Kier molecular flexibility index (Phi) is 5.23. The molecule has 0 radical (unpaired) electrons. The highest BCUT2D eigenvalue weighted by Gasteiger charge is 2.30. The van der Waals surface area contributed by atoms with Gasteiger partial charge >= 0.3 is 5.69 Å². The zero-order chi connectivity index (χ0) is 14.8. The molecule has 0 amide bonds. The van der Waals surface area contributed by atoms with Gasteiger partial charge in [0.25, 0.3) is 0 Å². The van der Waals surface area contributed by atoms with Crippen LogP contribution in [0.4, 0.5) is 0 Å². The number of nitrogens with zero attached hydrogens (tertiary/aromatic N) is 2. The molecule has 0 saturated heterocycles. The highest BCUT2D eigenvalue weighted by Crippen LogP contribution is 2.30. The lowest BCUT2D eigenvalue weighted by Gasteiger charge is -2.32. The van der Waals surface area contributed by atoms with Crippen molar-refractivity contribution in [3.05, 3.63) is 10.5 Å². The van der Waals surface area contributed by atoms with E-state index >= 15 is 0 Å². The number of nitrogens with one attached hydrogen (secondary N) is 1. The van der Waals surface area contributed by atoms with Gasteiger partial charge in [-0.2, -0.15) is 0 Å². The number of thioether (sulfide) groups is 1. The summed E-state index contributed by atoms with van der Waals surface area (Å²) in [7, 11) is 0. The van der Waals surface area contributed by atoms with Gasteiger partial charge in [-0.1, -0.05) is 32.5 Å². The highest BCUT2D eigenvalue weighted by molar-refractivity contribution is 7.99. The van der Waals surface area contributed by atoms with Crippen molar-refractivity contribution >= 4 is 11.8 Å². The number of hydrogen-bond acceptors (Lipinski definition) is 5. The van der Waals surface area contributed by atoms with Crippen molar-refractivity contribution in [3.63, 3.8) is 0 Å². The third-order valence-electron chi connectivity index (χ3n) is 3.03. The minimum atomic E-state index is -0.237. The van der Waals surface area contributed by atoms with Crippen LogP contribution in [-0.2, 0) is 0 Å². The summed E-state index contributed by atoms with van der Waals surface area (Å²) in [5.74, 6) is 0. The van der Waals surface area contributed by atoms with Gasteiger partial charge in [0, 0.05) is 12.1 Å². The Morgan fingerprint density at radius 3 is 2.47 bits per heavy atom. The summed E-state index contributed by atoms with van der Waals surface area (Å²) < 4.78 is 1.57. The Bertz CT molecular complexity index is 461. The number of rotatable bonds is 5. The second-order valence-corrected chi connectivity index (χ2v) is 7.21. The molecule has 0 aliphatic carbocycles. The van der Waals surface area contributed by atoms with Gasteiger partial charge in [-0.15, -0.1) is 5.10 Å². The molecule has 6 nitrogen and oxygen atoms in total. The van der Waals surface area contributed by atoms with Gasteiger partial charge < -0.3 is 10.8 Å². The van der Waals surface area contributed by atoms with Crippen molar-refractivity contribution in [1.29, 1.82) is 0 Å². The van der Waals surface area contributed by atoms with Gasteiger partial charge in [-0.3, -0.25) is 4.57 Å². The molecule has 110 valence electrons. The van der Waals surface area contributed by atoms with E-state index in [1.165, 1.54) is 11.8 Å². The summed E-state index contributed by atoms with van der Waals surface area (Å²) in [6.07, 6.45) is 0. The van der Waals surface area contributed by atoms with E-state index in [1.54, 1.807) is 4.57 Å². The monoisotopic (exact) mass is 288 g/mol. The molecule has 0 bridgehead atoms. The van der Waals surface area contributed by atoms with Crippen molar-refractivity contribution in [3.8, 4) is 0 Å². The molecule has 0 aliphatic heterocycles. The van der Waals surface area contributed by atoms with Crippen molar-refractivity contribution < 1.29 is 5.11 Å². The van der Waals surface area contributed by atoms with Gasteiger partial charge in [0.1, 0.15) is 0 Å². The van der Waals surface area contributed by atoms with Gasteiger partial charge in [0.2, 0.25) is 0 Å². The van der Waals surface area contributed by atoms with E-state index < -0.39 is 0 Å². The quantitative estimate of drug-likeness (QED) is 0.702. The third kappa shape index (κ3) is 3.84. The van der Waals surface area contributed by atoms with Crippen LogP contribution in [-0.4, -0.2) is 37.8 Å². The zero-order valence-corrected chi connectivity index (χ0v) is 13.0. The molecule has 0 aromatic carbocycles. The summed E-state index contributed by atoms with van der Waals surface area (Å²) in [6, 6.07) is -0.186. The third-order valence-corrected chi connectivity index (χ3v) is 4.27. The van der Waals surface area contributed by atoms with Crippen LogP contribution >= 0.6 is 11.8 Å². The van der Waals surface area contributed by atoms with E-state index in [-0.39, 0.29) is 35.0 Å². The van der Waals surface area contributed by atoms with E-state index in [4.69, 9.17) is 5.73 Å². The molecule has 7 heteroatoms. The molecule has 4 N–H and O–H groups in total. The molecular weight excluding hydrogens is 264 g/mol. The largest absolute Gasteiger partial charge is 0.395 e. The van der Waals surface area contributed by atoms with Crippen LogP contribution in [0.5, 0.6) is 0 Å². The topological polar surface area (TPSA) is 96.9 Å². The molecular formula is C12H24N4O2S. The Hall–Kier alpha value is -0.790. The number of aliphatic hydroxyl groups excluding tert-OH is 1. The van der Waals surface area contributed by atoms with Crippen LogP contribution in [0, 0.1) is 5.41 Å². The molecule has 2 atom stereocenters. The average Bonchev–Trinajstić information content (AvgIpc) is 2.65. The van der Waals surface area contributed by atoms with Gasteiger partial charge in [0.05, 0.1) is 11.9 Å². The van der Waals surface area contributed by atoms with Crippen LogP contribution in [0.25, 0.3) is 0 Å². The molecule has 0 spiro atoms. The molecule has 1 aromatic rings. The summed E-state index contributed by atoms with van der Waals surface area (Å²) in [4.78, 5) is 11.7. The molecule has 2 unspecified atom stereocenters. The first-order valence-corrected chi connectivity index (χ1v) is 7.26. The van der Waals surface area contributed by atoms with E-state index in [0.29, 0.717) is 5.16 Å². The molecule has 1 rings (SSSR count). The van der Waals surface area contributed by atoms with Crippen LogP contribution in [0.2, 0.25) is 0 Å². The number of H-pyrrole nitrogens is 1. The Balaban J connectivity index is 2.97. The molecule has 19 heavy (non-hydrogen) atoms. The lowest BCUT2D eigenvalue weighted by molar-refractivity contribution is 0.232. The summed E-state index contributed by atoms with van der Waals surface area (Å²) in [5, 5.41) is 16.3. The lowest BCUT2D eigenvalue weighted by atomic mass is 9.85. The Morgan fingerprint density at radius 1 is 1.47 bits per heavy atom. The normalized spacial score (nSPS) is 15.8. The van der Waals surface area contributed by atoms with Crippen LogP contribution in [0.1, 0.15) is 40.7 Å². The first kappa shape index (κ1) is 16.3. The molecule has 0 saturated carbocycles. The van der Waals surface area contributed by atoms with E-state index in [9.17, 15) is 9.90 Å². The standard InChI is InChI=1S/C12H24N4O2S/c1-7(2)16-10(18)14-15-11(16)19-8(6-17)9(13)12(3,4)5/h7-9,17H,6,13H2,1-5H3,(H,14,18). The Labute approximate surface area is 117 Å². The van der Waals surface area contributed by atoms with Crippen LogP contribution < -0.4 is 11.4 Å². The molecule has 1 aromatic heterocycles. The molecule has 1 heterocycles. The maximum atomic E-state index is 11.7. The summed E-state index contributed by atoms with van der Waals surface area (Å²) in [5.41, 5.74) is 5.82. The van der Waals surface area contributed by atoms with Crippen LogP contribution in [0.15, 0.2) is 9.95 Å². The van der Waals surface area contributed by atoms with E-state index in [2.05, 4.69) is 10.2 Å². The lowest BCUT2D eigenvalue weighted by Crippen LogP contribution is -2.45. The fraction of sp³-hybridized carbons (Fsp3) is 0.833. The summed E-state index contributed by atoms with van der Waals surface area (Å²) >= 11 is 1.35.